The van der Waals surface area contributed by atoms with Crippen molar-refractivity contribution in [3.8, 4) is 0 Å². The van der Waals surface area contributed by atoms with Crippen LogP contribution in [0.2, 0.25) is 0 Å². The largest absolute Gasteiger partial charge is 0.478 e. The Morgan fingerprint density at radius 2 is 2.13 bits per heavy atom. The number of carbonyl (C=O) groups is 2. The van der Waals surface area contributed by atoms with Crippen molar-refractivity contribution in [3.63, 3.8) is 0 Å². The average molecular weight is 384 g/mol. The molecule has 2 N–H and O–H groups in total. The predicted octanol–water partition coefficient (Wildman–Crippen LogP) is 1.36. The lowest BCUT2D eigenvalue weighted by atomic mass is 10.3. The number of halogens is 1. The summed E-state index contributed by atoms with van der Waals surface area (Å²) in [5, 5.41) is 19.8. The molecule has 0 aromatic carbocycles. The number of aryl methyl sites for hydroxylation is 2. The number of aromatic nitrogens is 4. The molecule has 124 valence electrons. The molecule has 0 atom stereocenters. The number of rotatable bonds is 7. The number of nitrogens with zero attached hydrogens (tertiary/aromatic N) is 4. The standard InChI is InChI=1S/C14H18BrN5O3/c1-9-13(15)10(2)20(18-9)5-3-4-16-12(21)8-19-7-11(6-17-19)14(22)23/h6-7H,3-5,8H2,1-2H3,(H,16,21)(H,22,23). The minimum atomic E-state index is -1.06. The van der Waals surface area contributed by atoms with Gasteiger partial charge in [-0.2, -0.15) is 10.2 Å². The first kappa shape index (κ1) is 17.2. The summed E-state index contributed by atoms with van der Waals surface area (Å²) in [4.78, 5) is 22.5. The molecule has 2 aromatic rings. The number of nitrogens with one attached hydrogen (secondary N) is 1. The monoisotopic (exact) mass is 383 g/mol. The van der Waals surface area contributed by atoms with Crippen molar-refractivity contribution in [2.75, 3.05) is 6.54 Å². The maximum Gasteiger partial charge on any atom is 0.338 e. The van der Waals surface area contributed by atoms with Crippen LogP contribution in [0.4, 0.5) is 0 Å². The first-order valence-electron chi connectivity index (χ1n) is 7.10. The molecule has 0 bridgehead atoms. The van der Waals surface area contributed by atoms with E-state index >= 15 is 0 Å². The fourth-order valence-corrected chi connectivity index (χ4v) is 2.40. The molecule has 0 saturated heterocycles. The van der Waals surface area contributed by atoms with Crippen LogP contribution >= 0.6 is 15.9 Å². The third-order valence-corrected chi connectivity index (χ3v) is 4.50. The Kier molecular flexibility index (Phi) is 5.54. The molecule has 9 heteroatoms. The Morgan fingerprint density at radius 3 is 2.70 bits per heavy atom. The van der Waals surface area contributed by atoms with E-state index in [1.54, 1.807) is 0 Å². The quantitative estimate of drug-likeness (QED) is 0.702. The smallest absolute Gasteiger partial charge is 0.338 e. The highest BCUT2D eigenvalue weighted by Crippen LogP contribution is 2.19. The first-order valence-corrected chi connectivity index (χ1v) is 7.89. The van der Waals surface area contributed by atoms with Gasteiger partial charge < -0.3 is 10.4 Å². The average Bonchev–Trinajstić information content (AvgIpc) is 3.05. The van der Waals surface area contributed by atoms with Crippen LogP contribution in [-0.2, 0) is 17.9 Å². The summed E-state index contributed by atoms with van der Waals surface area (Å²) in [5.74, 6) is -1.27. The summed E-state index contributed by atoms with van der Waals surface area (Å²) in [6, 6.07) is 0. The number of carboxylic acid groups (broad SMARTS) is 1. The van der Waals surface area contributed by atoms with E-state index in [1.807, 2.05) is 18.5 Å². The second kappa shape index (κ2) is 7.40. The molecule has 0 aliphatic carbocycles. The third kappa shape index (κ3) is 4.41. The number of hydrogen-bond acceptors (Lipinski definition) is 4. The van der Waals surface area contributed by atoms with Gasteiger partial charge in [0.15, 0.2) is 0 Å². The van der Waals surface area contributed by atoms with Gasteiger partial charge >= 0.3 is 5.97 Å². The topological polar surface area (TPSA) is 102 Å². The van der Waals surface area contributed by atoms with Crippen LogP contribution in [0.3, 0.4) is 0 Å². The van der Waals surface area contributed by atoms with E-state index in [0.29, 0.717) is 13.1 Å². The van der Waals surface area contributed by atoms with Crippen molar-refractivity contribution in [2.45, 2.75) is 33.4 Å². The lowest BCUT2D eigenvalue weighted by molar-refractivity contribution is -0.121. The van der Waals surface area contributed by atoms with Crippen molar-refractivity contribution in [1.82, 2.24) is 24.9 Å². The minimum absolute atomic E-state index is 0.00126. The van der Waals surface area contributed by atoms with E-state index in [0.717, 1.165) is 22.3 Å². The molecule has 2 aromatic heterocycles. The van der Waals surface area contributed by atoms with Gasteiger partial charge in [-0.05, 0) is 36.2 Å². The van der Waals surface area contributed by atoms with Gasteiger partial charge in [-0.3, -0.25) is 14.2 Å². The van der Waals surface area contributed by atoms with Gasteiger partial charge in [0.25, 0.3) is 0 Å². The van der Waals surface area contributed by atoms with Gasteiger partial charge in [-0.15, -0.1) is 0 Å². The molecule has 0 unspecified atom stereocenters. The molecule has 0 saturated carbocycles. The van der Waals surface area contributed by atoms with Crippen LogP contribution in [0.25, 0.3) is 0 Å². The van der Waals surface area contributed by atoms with E-state index < -0.39 is 5.97 Å². The van der Waals surface area contributed by atoms with Gasteiger partial charge in [0.1, 0.15) is 6.54 Å². The van der Waals surface area contributed by atoms with Gasteiger partial charge in [-0.25, -0.2) is 4.79 Å². The zero-order chi connectivity index (χ0) is 17.0. The second-order valence-electron chi connectivity index (χ2n) is 5.14. The van der Waals surface area contributed by atoms with Crippen LogP contribution in [0.5, 0.6) is 0 Å². The Labute approximate surface area is 141 Å². The lowest BCUT2D eigenvalue weighted by Crippen LogP contribution is -2.29. The highest BCUT2D eigenvalue weighted by atomic mass is 79.9. The molecule has 8 nitrogen and oxygen atoms in total. The Bertz CT molecular complexity index is 722. The summed E-state index contributed by atoms with van der Waals surface area (Å²) in [6.45, 7) is 5.15. The summed E-state index contributed by atoms with van der Waals surface area (Å²) in [6.07, 6.45) is 3.30. The molecule has 2 rings (SSSR count). The summed E-state index contributed by atoms with van der Waals surface area (Å²) < 4.78 is 4.21. The first-order chi connectivity index (χ1) is 10.9. The van der Waals surface area contributed by atoms with Crippen LogP contribution in [-0.4, -0.2) is 43.1 Å². The van der Waals surface area contributed by atoms with E-state index in [4.69, 9.17) is 5.11 Å². The van der Waals surface area contributed by atoms with Crippen LogP contribution in [0.1, 0.15) is 28.2 Å². The highest BCUT2D eigenvalue weighted by Gasteiger charge is 2.10. The lowest BCUT2D eigenvalue weighted by Gasteiger charge is -2.07. The maximum atomic E-state index is 11.8. The number of amides is 1. The summed E-state index contributed by atoms with van der Waals surface area (Å²) >= 11 is 3.48. The maximum absolute atomic E-state index is 11.8. The fraction of sp³-hybridized carbons (Fsp3) is 0.429. The van der Waals surface area contributed by atoms with Crippen molar-refractivity contribution in [2.24, 2.45) is 0 Å². The molecular formula is C14H18BrN5O3. The van der Waals surface area contributed by atoms with Crippen molar-refractivity contribution in [1.29, 1.82) is 0 Å². The second-order valence-corrected chi connectivity index (χ2v) is 5.94. The van der Waals surface area contributed by atoms with Gasteiger partial charge in [0.05, 0.1) is 21.9 Å². The van der Waals surface area contributed by atoms with Crippen molar-refractivity contribution >= 4 is 27.8 Å². The highest BCUT2D eigenvalue weighted by molar-refractivity contribution is 9.10. The molecule has 0 aliphatic rings. The SMILES string of the molecule is Cc1nn(CCCNC(=O)Cn2cc(C(=O)O)cn2)c(C)c1Br. The molecule has 0 spiro atoms. The van der Waals surface area contributed by atoms with E-state index in [2.05, 4.69) is 31.4 Å². The zero-order valence-electron chi connectivity index (χ0n) is 12.9. The third-order valence-electron chi connectivity index (χ3n) is 3.35. The normalized spacial score (nSPS) is 10.7. The molecule has 1 amide bonds. The molecule has 0 radical (unpaired) electrons. The van der Waals surface area contributed by atoms with E-state index in [-0.39, 0.29) is 18.0 Å². The minimum Gasteiger partial charge on any atom is -0.478 e. The molecule has 2 heterocycles. The number of carbonyl (C=O) groups excluding carboxylic acids is 1. The molecule has 0 fully saturated rings. The number of aromatic carboxylic acids is 1. The van der Waals surface area contributed by atoms with Gasteiger partial charge in [0.2, 0.25) is 5.91 Å². The zero-order valence-corrected chi connectivity index (χ0v) is 14.5. The van der Waals surface area contributed by atoms with Gasteiger partial charge in [-0.1, -0.05) is 0 Å². The van der Waals surface area contributed by atoms with Crippen LogP contribution in [0, 0.1) is 13.8 Å². The Balaban J connectivity index is 1.74. The number of hydrogen-bond donors (Lipinski definition) is 2. The van der Waals surface area contributed by atoms with Crippen molar-refractivity contribution in [3.05, 3.63) is 33.8 Å². The summed E-state index contributed by atoms with van der Waals surface area (Å²) in [5.41, 5.74) is 2.07. The van der Waals surface area contributed by atoms with Crippen LogP contribution in [0.15, 0.2) is 16.9 Å². The molecular weight excluding hydrogens is 366 g/mol. The van der Waals surface area contributed by atoms with Crippen molar-refractivity contribution < 1.29 is 14.7 Å². The summed E-state index contributed by atoms with van der Waals surface area (Å²) in [7, 11) is 0. The molecule has 0 aliphatic heterocycles. The van der Waals surface area contributed by atoms with Crippen LogP contribution < -0.4 is 5.32 Å². The van der Waals surface area contributed by atoms with E-state index in [1.165, 1.54) is 17.1 Å². The number of carboxylic acids is 1. The fourth-order valence-electron chi connectivity index (χ4n) is 2.11. The van der Waals surface area contributed by atoms with E-state index in [9.17, 15) is 9.59 Å². The Morgan fingerprint density at radius 1 is 1.39 bits per heavy atom. The Hall–Kier alpha value is -2.16. The predicted molar refractivity (Wildman–Crippen MR) is 86.2 cm³/mol. The van der Waals surface area contributed by atoms with Gasteiger partial charge in [0, 0.05) is 25.0 Å². The molecule has 23 heavy (non-hydrogen) atoms.